The highest BCUT2D eigenvalue weighted by atomic mass is 16.5. The fourth-order valence-corrected chi connectivity index (χ4v) is 4.80. The second kappa shape index (κ2) is 14.5. The Morgan fingerprint density at radius 1 is 0.800 bits per heavy atom. The van der Waals surface area contributed by atoms with Crippen molar-refractivity contribution in [3.8, 4) is 5.75 Å². The molecule has 0 radical (unpaired) electrons. The van der Waals surface area contributed by atoms with E-state index in [-0.39, 0.29) is 5.91 Å². The number of amides is 1. The smallest absolute Gasteiger partial charge is 0.282 e. The average Bonchev–Trinajstić information content (AvgIpc) is 3.28. The largest absolute Gasteiger partial charge is 0.494 e. The molecule has 0 saturated carbocycles. The Kier molecular flexibility index (Phi) is 10.6. The minimum Gasteiger partial charge on any atom is -0.494 e. The molecule has 1 aliphatic rings. The summed E-state index contributed by atoms with van der Waals surface area (Å²) in [5.41, 5.74) is 5.28. The van der Waals surface area contributed by atoms with Crippen molar-refractivity contribution < 1.29 is 9.53 Å². The normalized spacial score (nSPS) is 14.1. The molecule has 210 valence electrons. The molecule has 3 aromatic rings. The number of nitrogens with zero attached hydrogens (tertiary/aromatic N) is 3. The van der Waals surface area contributed by atoms with Gasteiger partial charge in [0.25, 0.3) is 5.91 Å². The molecule has 5 heteroatoms. The molecular formula is C35H43N3O2. The molecule has 0 aliphatic carbocycles. The number of unbranched alkanes of at least 4 members (excludes halogenated alkanes) is 7. The molecule has 0 saturated heterocycles. The van der Waals surface area contributed by atoms with Crippen LogP contribution in [0.25, 0.3) is 6.08 Å². The molecule has 0 unspecified atom stereocenters. The zero-order chi connectivity index (χ0) is 28.3. The maximum absolute atomic E-state index is 13.6. The molecule has 1 amide bonds. The molecule has 1 heterocycles. The van der Waals surface area contributed by atoms with Crippen LogP contribution in [0.5, 0.6) is 5.75 Å². The summed E-state index contributed by atoms with van der Waals surface area (Å²) in [6.45, 7) is 5.02. The van der Waals surface area contributed by atoms with Crippen molar-refractivity contribution in [2.24, 2.45) is 4.99 Å². The molecule has 0 N–H and O–H groups in total. The molecule has 0 fully saturated rings. The quantitative estimate of drug-likeness (QED) is 0.153. The van der Waals surface area contributed by atoms with Crippen LogP contribution >= 0.6 is 0 Å². The van der Waals surface area contributed by atoms with E-state index in [1.807, 2.05) is 99.9 Å². The SMILES string of the molecule is CCCCCCCCCCOc1ccc(C2=N/C(=C\c3ccc(N(C)C)cc3)C(=O)N2c2ccc(C)cc2)cc1. The van der Waals surface area contributed by atoms with E-state index < -0.39 is 0 Å². The summed E-state index contributed by atoms with van der Waals surface area (Å²) in [5.74, 6) is 1.33. The third-order valence-corrected chi connectivity index (χ3v) is 7.24. The number of aryl methyl sites for hydroxylation is 1. The Morgan fingerprint density at radius 2 is 1.43 bits per heavy atom. The van der Waals surface area contributed by atoms with E-state index in [1.54, 1.807) is 4.90 Å². The number of hydrogen-bond acceptors (Lipinski definition) is 4. The first-order valence-corrected chi connectivity index (χ1v) is 14.7. The molecule has 40 heavy (non-hydrogen) atoms. The molecule has 5 nitrogen and oxygen atoms in total. The number of carbonyl (C=O) groups is 1. The predicted octanol–water partition coefficient (Wildman–Crippen LogP) is 8.42. The van der Waals surface area contributed by atoms with Gasteiger partial charge in [0.1, 0.15) is 17.3 Å². The lowest BCUT2D eigenvalue weighted by Crippen LogP contribution is -2.32. The van der Waals surface area contributed by atoms with Crippen molar-refractivity contribution in [1.82, 2.24) is 0 Å². The highest BCUT2D eigenvalue weighted by Gasteiger charge is 2.32. The van der Waals surface area contributed by atoms with Crippen LogP contribution in [0.15, 0.2) is 83.5 Å². The Labute approximate surface area is 240 Å². The number of hydrogen-bond donors (Lipinski definition) is 0. The summed E-state index contributed by atoms with van der Waals surface area (Å²) < 4.78 is 6.01. The summed E-state index contributed by atoms with van der Waals surface area (Å²) in [4.78, 5) is 22.2. The molecular weight excluding hydrogens is 494 g/mol. The van der Waals surface area contributed by atoms with Gasteiger partial charge in [-0.3, -0.25) is 9.69 Å². The van der Waals surface area contributed by atoms with Gasteiger partial charge < -0.3 is 9.64 Å². The molecule has 0 atom stereocenters. The summed E-state index contributed by atoms with van der Waals surface area (Å²) in [7, 11) is 4.02. The zero-order valence-electron chi connectivity index (χ0n) is 24.5. The third kappa shape index (κ3) is 7.84. The van der Waals surface area contributed by atoms with Crippen molar-refractivity contribution in [3.05, 3.63) is 95.2 Å². The first kappa shape index (κ1) is 29.1. The molecule has 4 rings (SSSR count). The van der Waals surface area contributed by atoms with Crippen LogP contribution in [0.4, 0.5) is 11.4 Å². The van der Waals surface area contributed by atoms with Gasteiger partial charge >= 0.3 is 0 Å². The Bertz CT molecular complexity index is 1290. The maximum atomic E-state index is 13.6. The lowest BCUT2D eigenvalue weighted by atomic mass is 10.1. The predicted molar refractivity (Wildman–Crippen MR) is 168 cm³/mol. The van der Waals surface area contributed by atoms with E-state index in [4.69, 9.17) is 9.73 Å². The van der Waals surface area contributed by atoms with Gasteiger partial charge in [-0.15, -0.1) is 0 Å². The maximum Gasteiger partial charge on any atom is 0.282 e. The molecule has 0 aromatic heterocycles. The number of benzene rings is 3. The number of carbonyl (C=O) groups excluding carboxylic acids is 1. The van der Waals surface area contributed by atoms with Crippen molar-refractivity contribution in [2.75, 3.05) is 30.5 Å². The van der Waals surface area contributed by atoms with E-state index in [9.17, 15) is 4.79 Å². The fraction of sp³-hybridized carbons (Fsp3) is 0.371. The van der Waals surface area contributed by atoms with Crippen LogP contribution in [0.3, 0.4) is 0 Å². The van der Waals surface area contributed by atoms with Crippen molar-refractivity contribution in [1.29, 1.82) is 0 Å². The average molecular weight is 538 g/mol. The first-order chi connectivity index (χ1) is 19.5. The summed E-state index contributed by atoms with van der Waals surface area (Å²) in [6, 6.07) is 24.0. The standard InChI is InChI=1S/C35H43N3O2/c1-5-6-7-8-9-10-11-12-25-40-32-23-17-29(18-24-32)34-36-33(26-28-15-21-30(22-16-28)37(3)4)35(39)38(34)31-19-13-27(2)14-20-31/h13-24,26H,5-12,25H2,1-4H3/b33-26-. The van der Waals surface area contributed by atoms with Crippen LogP contribution in [0, 0.1) is 6.92 Å². The second-order valence-electron chi connectivity index (χ2n) is 10.8. The van der Waals surface area contributed by atoms with E-state index in [0.717, 1.165) is 46.8 Å². The van der Waals surface area contributed by atoms with E-state index in [1.165, 1.54) is 44.9 Å². The summed E-state index contributed by atoms with van der Waals surface area (Å²) in [6.07, 6.45) is 12.1. The van der Waals surface area contributed by atoms with Crippen LogP contribution in [-0.2, 0) is 4.79 Å². The Morgan fingerprint density at radius 3 is 2.05 bits per heavy atom. The van der Waals surface area contributed by atoms with E-state index in [0.29, 0.717) is 11.5 Å². The minimum atomic E-state index is -0.134. The summed E-state index contributed by atoms with van der Waals surface area (Å²) in [5, 5.41) is 0. The van der Waals surface area contributed by atoms with Gasteiger partial charge in [0.2, 0.25) is 0 Å². The van der Waals surface area contributed by atoms with Gasteiger partial charge in [0, 0.05) is 25.3 Å². The number of anilines is 2. The molecule has 0 bridgehead atoms. The highest BCUT2D eigenvalue weighted by Crippen LogP contribution is 2.29. The lowest BCUT2D eigenvalue weighted by molar-refractivity contribution is -0.113. The second-order valence-corrected chi connectivity index (χ2v) is 10.8. The molecule has 1 aliphatic heterocycles. The number of ether oxygens (including phenoxy) is 1. The molecule has 0 spiro atoms. The van der Waals surface area contributed by atoms with E-state index in [2.05, 4.69) is 11.8 Å². The van der Waals surface area contributed by atoms with Crippen molar-refractivity contribution >= 4 is 29.2 Å². The lowest BCUT2D eigenvalue weighted by Gasteiger charge is -2.19. The van der Waals surface area contributed by atoms with Crippen LogP contribution in [-0.4, -0.2) is 32.4 Å². The number of amidine groups is 1. The molecule has 3 aromatic carbocycles. The third-order valence-electron chi connectivity index (χ3n) is 7.24. The van der Waals surface area contributed by atoms with Crippen LogP contribution < -0.4 is 14.5 Å². The van der Waals surface area contributed by atoms with E-state index >= 15 is 0 Å². The highest BCUT2D eigenvalue weighted by molar-refractivity contribution is 6.33. The van der Waals surface area contributed by atoms with Gasteiger partial charge in [-0.25, -0.2) is 4.99 Å². The van der Waals surface area contributed by atoms with Crippen molar-refractivity contribution in [3.63, 3.8) is 0 Å². The zero-order valence-corrected chi connectivity index (χ0v) is 24.5. The van der Waals surface area contributed by atoms with Gasteiger partial charge in [0.05, 0.1) is 12.3 Å². The number of rotatable bonds is 14. The van der Waals surface area contributed by atoms with Crippen molar-refractivity contribution in [2.45, 2.75) is 65.2 Å². The van der Waals surface area contributed by atoms with Crippen LogP contribution in [0.1, 0.15) is 75.0 Å². The first-order valence-electron chi connectivity index (χ1n) is 14.7. The monoisotopic (exact) mass is 537 g/mol. The van der Waals surface area contributed by atoms with Gasteiger partial charge in [0.15, 0.2) is 0 Å². The topological polar surface area (TPSA) is 45.1 Å². The van der Waals surface area contributed by atoms with Gasteiger partial charge in [-0.2, -0.15) is 0 Å². The summed E-state index contributed by atoms with van der Waals surface area (Å²) >= 11 is 0. The Hall–Kier alpha value is -3.86. The Balaban J connectivity index is 1.46. The number of aliphatic imine (C=N–C) groups is 1. The van der Waals surface area contributed by atoms with Crippen LogP contribution in [0.2, 0.25) is 0 Å². The van der Waals surface area contributed by atoms with Gasteiger partial charge in [-0.1, -0.05) is 81.7 Å². The van der Waals surface area contributed by atoms with Gasteiger partial charge in [-0.05, 0) is 73.5 Å². The fourth-order valence-electron chi connectivity index (χ4n) is 4.80. The minimum absolute atomic E-state index is 0.134.